The summed E-state index contributed by atoms with van der Waals surface area (Å²) in [7, 11) is 0. The molecule has 0 atom stereocenters. The van der Waals surface area contributed by atoms with Crippen LogP contribution in [0.15, 0.2) is 91.0 Å². The molecule has 0 aromatic heterocycles. The van der Waals surface area contributed by atoms with Crippen molar-refractivity contribution in [2.45, 2.75) is 25.9 Å². The average Bonchev–Trinajstić information content (AvgIpc) is 2.92. The fourth-order valence-electron chi connectivity index (χ4n) is 4.71. The van der Waals surface area contributed by atoms with Gasteiger partial charge in [-0.2, -0.15) is 0 Å². The Hall–Kier alpha value is -4.39. The van der Waals surface area contributed by atoms with Crippen LogP contribution in [0.3, 0.4) is 0 Å². The highest BCUT2D eigenvalue weighted by Gasteiger charge is 2.28. The molecule has 1 heterocycles. The number of hydrazine groups is 1. The molecule has 0 N–H and O–H groups in total. The predicted octanol–water partition coefficient (Wildman–Crippen LogP) is 5.91. The van der Waals surface area contributed by atoms with Gasteiger partial charge in [-0.05, 0) is 36.6 Å². The molecule has 0 radical (unpaired) electrons. The van der Waals surface area contributed by atoms with Gasteiger partial charge < -0.3 is 4.74 Å². The van der Waals surface area contributed by atoms with Gasteiger partial charge in [0.25, 0.3) is 5.69 Å². The number of nitro benzene ring substituents is 1. The van der Waals surface area contributed by atoms with Crippen molar-refractivity contribution in [3.63, 3.8) is 0 Å². The number of non-ortho nitro benzene ring substituents is 1. The molecule has 0 saturated carbocycles. The van der Waals surface area contributed by atoms with E-state index in [1.54, 1.807) is 23.2 Å². The van der Waals surface area contributed by atoms with Gasteiger partial charge in [0.15, 0.2) is 0 Å². The number of para-hydroxylation sites is 1. The van der Waals surface area contributed by atoms with Gasteiger partial charge in [-0.15, -0.1) is 0 Å². The van der Waals surface area contributed by atoms with Crippen molar-refractivity contribution >= 4 is 28.1 Å². The van der Waals surface area contributed by atoms with E-state index in [0.717, 1.165) is 35.0 Å². The minimum atomic E-state index is -0.363. The fraction of sp³-hybridized carbons (Fsp3) is 0.207. The maximum Gasteiger partial charge on any atom is 0.277 e. The SMILES string of the molecule is O=C(Cc1ccccc1OCc1ccccc1)N1CCCCN1c1ccc([N+](=O)[O-])c2ccccc12. The molecular formula is C29H27N3O4. The monoisotopic (exact) mass is 481 g/mol. The van der Waals surface area contributed by atoms with Crippen molar-refractivity contribution in [1.82, 2.24) is 5.01 Å². The van der Waals surface area contributed by atoms with Gasteiger partial charge in [0.2, 0.25) is 5.91 Å². The molecule has 4 aromatic rings. The van der Waals surface area contributed by atoms with Gasteiger partial charge in [-0.25, -0.2) is 0 Å². The molecule has 0 bridgehead atoms. The maximum atomic E-state index is 13.6. The number of benzene rings is 4. The minimum Gasteiger partial charge on any atom is -0.489 e. The first-order valence-electron chi connectivity index (χ1n) is 12.1. The van der Waals surface area contributed by atoms with Crippen molar-refractivity contribution < 1.29 is 14.5 Å². The number of hydrogen-bond acceptors (Lipinski definition) is 5. The Labute approximate surface area is 209 Å². The molecule has 1 aliphatic heterocycles. The van der Waals surface area contributed by atoms with Crippen LogP contribution in [-0.2, 0) is 17.8 Å². The molecule has 0 spiro atoms. The molecule has 1 amide bonds. The van der Waals surface area contributed by atoms with E-state index in [4.69, 9.17) is 4.74 Å². The number of rotatable bonds is 7. The Kier molecular flexibility index (Phi) is 6.80. The summed E-state index contributed by atoms with van der Waals surface area (Å²) in [5.41, 5.74) is 2.76. The lowest BCUT2D eigenvalue weighted by Gasteiger charge is -2.40. The Morgan fingerprint density at radius 1 is 0.833 bits per heavy atom. The standard InChI is InChI=1S/C29H27N3O4/c33-29(20-23-12-4-7-15-28(23)36-21-22-10-2-1-3-11-22)31-19-9-8-18-30(31)26-16-17-27(32(34)35)25-14-6-5-13-24(25)26/h1-7,10-17H,8-9,18-21H2. The number of ether oxygens (including phenoxy) is 1. The maximum absolute atomic E-state index is 13.6. The normalized spacial score (nSPS) is 13.6. The van der Waals surface area contributed by atoms with Gasteiger partial charge in [-0.1, -0.05) is 66.7 Å². The summed E-state index contributed by atoms with van der Waals surface area (Å²) >= 11 is 0. The highest BCUT2D eigenvalue weighted by atomic mass is 16.6. The molecule has 182 valence electrons. The highest BCUT2D eigenvalue weighted by molar-refractivity contribution is 6.00. The van der Waals surface area contributed by atoms with Crippen molar-refractivity contribution in [3.8, 4) is 5.75 Å². The summed E-state index contributed by atoms with van der Waals surface area (Å²) in [5, 5.41) is 16.7. The van der Waals surface area contributed by atoms with Crippen molar-refractivity contribution in [1.29, 1.82) is 0 Å². The van der Waals surface area contributed by atoms with Crippen LogP contribution in [0.4, 0.5) is 11.4 Å². The number of hydrogen-bond donors (Lipinski definition) is 0. The molecular weight excluding hydrogens is 454 g/mol. The number of fused-ring (bicyclic) bond motifs is 1. The molecule has 1 aliphatic rings. The van der Waals surface area contributed by atoms with Crippen LogP contribution in [0.5, 0.6) is 5.75 Å². The van der Waals surface area contributed by atoms with E-state index in [1.165, 1.54) is 6.07 Å². The fourth-order valence-corrected chi connectivity index (χ4v) is 4.71. The zero-order valence-electron chi connectivity index (χ0n) is 19.9. The van der Waals surface area contributed by atoms with Gasteiger partial charge in [0, 0.05) is 30.1 Å². The van der Waals surface area contributed by atoms with Crippen LogP contribution >= 0.6 is 0 Å². The Morgan fingerprint density at radius 2 is 1.53 bits per heavy atom. The van der Waals surface area contributed by atoms with Gasteiger partial charge >= 0.3 is 0 Å². The molecule has 5 rings (SSSR count). The van der Waals surface area contributed by atoms with E-state index in [-0.39, 0.29) is 22.9 Å². The third kappa shape index (κ3) is 4.86. The number of amides is 1. The second-order valence-electron chi connectivity index (χ2n) is 8.81. The number of carbonyl (C=O) groups excluding carboxylic acids is 1. The summed E-state index contributed by atoms with van der Waals surface area (Å²) in [6.45, 7) is 1.69. The smallest absolute Gasteiger partial charge is 0.277 e. The van der Waals surface area contributed by atoms with Crippen LogP contribution in [0.2, 0.25) is 0 Å². The summed E-state index contributed by atoms with van der Waals surface area (Å²) in [6.07, 6.45) is 2.04. The highest BCUT2D eigenvalue weighted by Crippen LogP contribution is 2.35. The molecule has 4 aromatic carbocycles. The van der Waals surface area contributed by atoms with Gasteiger partial charge in [0.1, 0.15) is 12.4 Å². The van der Waals surface area contributed by atoms with Crippen molar-refractivity contribution in [2.24, 2.45) is 0 Å². The van der Waals surface area contributed by atoms with Crippen molar-refractivity contribution in [3.05, 3.63) is 112 Å². The van der Waals surface area contributed by atoms with Crippen LogP contribution in [-0.4, -0.2) is 28.9 Å². The largest absolute Gasteiger partial charge is 0.489 e. The van der Waals surface area contributed by atoms with Crippen molar-refractivity contribution in [2.75, 3.05) is 18.1 Å². The topological polar surface area (TPSA) is 75.9 Å². The van der Waals surface area contributed by atoms with Crippen LogP contribution in [0, 0.1) is 10.1 Å². The van der Waals surface area contributed by atoms with Crippen LogP contribution in [0.1, 0.15) is 24.0 Å². The first-order valence-corrected chi connectivity index (χ1v) is 12.1. The first kappa shape index (κ1) is 23.4. The number of anilines is 1. The van der Waals surface area contributed by atoms with E-state index in [9.17, 15) is 14.9 Å². The summed E-state index contributed by atoms with van der Waals surface area (Å²) < 4.78 is 6.07. The van der Waals surface area contributed by atoms with E-state index in [0.29, 0.717) is 30.8 Å². The summed E-state index contributed by atoms with van der Waals surface area (Å²) in [4.78, 5) is 24.8. The molecule has 36 heavy (non-hydrogen) atoms. The molecule has 0 unspecified atom stereocenters. The van der Waals surface area contributed by atoms with E-state index < -0.39 is 0 Å². The van der Waals surface area contributed by atoms with Gasteiger partial charge in [-0.3, -0.25) is 24.9 Å². The van der Waals surface area contributed by atoms with Crippen LogP contribution in [0.25, 0.3) is 10.8 Å². The Balaban J connectivity index is 1.40. The van der Waals surface area contributed by atoms with Crippen LogP contribution < -0.4 is 9.75 Å². The zero-order valence-corrected chi connectivity index (χ0v) is 19.9. The van der Waals surface area contributed by atoms with E-state index >= 15 is 0 Å². The molecule has 7 nitrogen and oxygen atoms in total. The number of nitro groups is 1. The second-order valence-corrected chi connectivity index (χ2v) is 8.81. The molecule has 1 saturated heterocycles. The quantitative estimate of drug-likeness (QED) is 0.242. The average molecular weight is 482 g/mol. The lowest BCUT2D eigenvalue weighted by atomic mass is 10.1. The third-order valence-electron chi connectivity index (χ3n) is 6.47. The Bertz CT molecular complexity index is 1390. The Morgan fingerprint density at radius 3 is 2.33 bits per heavy atom. The molecule has 0 aliphatic carbocycles. The number of nitrogens with zero attached hydrogens (tertiary/aromatic N) is 3. The minimum absolute atomic E-state index is 0.0344. The predicted molar refractivity (Wildman–Crippen MR) is 140 cm³/mol. The zero-order chi connectivity index (χ0) is 24.9. The van der Waals surface area contributed by atoms with E-state index in [2.05, 4.69) is 0 Å². The molecule has 1 fully saturated rings. The summed E-state index contributed by atoms with van der Waals surface area (Å²) in [5.74, 6) is 0.659. The first-order chi connectivity index (χ1) is 17.6. The number of carbonyl (C=O) groups is 1. The van der Waals surface area contributed by atoms with E-state index in [1.807, 2.05) is 71.7 Å². The molecule has 7 heteroatoms. The lowest BCUT2D eigenvalue weighted by Crippen LogP contribution is -2.51. The second kappa shape index (κ2) is 10.5. The third-order valence-corrected chi connectivity index (χ3v) is 6.47. The van der Waals surface area contributed by atoms with Gasteiger partial charge in [0.05, 0.1) is 22.4 Å². The lowest BCUT2D eigenvalue weighted by molar-refractivity contribution is -0.383. The summed E-state index contributed by atoms with van der Waals surface area (Å²) in [6, 6.07) is 28.1.